The SMILES string of the molecule is O=C(CC(F)(F)F)NCc1ccc(Br)cc1. The van der Waals surface area contributed by atoms with Gasteiger partial charge >= 0.3 is 6.18 Å². The first-order chi connectivity index (χ1) is 7.37. The van der Waals surface area contributed by atoms with E-state index in [1.54, 1.807) is 24.3 Å². The van der Waals surface area contributed by atoms with Crippen LogP contribution in [0, 0.1) is 0 Å². The van der Waals surface area contributed by atoms with Crippen LogP contribution in [-0.2, 0) is 11.3 Å². The van der Waals surface area contributed by atoms with Gasteiger partial charge in [0.05, 0.1) is 0 Å². The first kappa shape index (κ1) is 13.0. The molecule has 1 aromatic carbocycles. The second-order valence-corrected chi connectivity index (χ2v) is 4.11. The third kappa shape index (κ3) is 5.16. The van der Waals surface area contributed by atoms with Crippen molar-refractivity contribution in [3.05, 3.63) is 34.3 Å². The van der Waals surface area contributed by atoms with Crippen molar-refractivity contribution in [1.29, 1.82) is 0 Å². The Morgan fingerprint density at radius 3 is 2.31 bits per heavy atom. The average Bonchev–Trinajstić information content (AvgIpc) is 2.14. The number of carbonyl (C=O) groups is 1. The largest absolute Gasteiger partial charge is 0.397 e. The van der Waals surface area contributed by atoms with Crippen molar-refractivity contribution in [2.24, 2.45) is 0 Å². The molecule has 1 amide bonds. The van der Waals surface area contributed by atoms with E-state index >= 15 is 0 Å². The summed E-state index contributed by atoms with van der Waals surface area (Å²) < 4.78 is 36.3. The van der Waals surface area contributed by atoms with E-state index in [-0.39, 0.29) is 6.54 Å². The molecule has 0 heterocycles. The van der Waals surface area contributed by atoms with Crippen LogP contribution in [-0.4, -0.2) is 12.1 Å². The van der Waals surface area contributed by atoms with E-state index in [2.05, 4.69) is 21.2 Å². The van der Waals surface area contributed by atoms with Crippen molar-refractivity contribution in [2.75, 3.05) is 0 Å². The first-order valence-electron chi connectivity index (χ1n) is 4.45. The molecule has 1 N–H and O–H groups in total. The van der Waals surface area contributed by atoms with Crippen molar-refractivity contribution >= 4 is 21.8 Å². The van der Waals surface area contributed by atoms with Crippen LogP contribution in [0.25, 0.3) is 0 Å². The molecule has 0 saturated carbocycles. The number of carbonyl (C=O) groups excluding carboxylic acids is 1. The Kier molecular flexibility index (Phi) is 4.35. The highest BCUT2D eigenvalue weighted by Crippen LogP contribution is 2.19. The molecule has 0 bridgehead atoms. The number of rotatable bonds is 3. The predicted molar refractivity (Wildman–Crippen MR) is 56.7 cm³/mol. The van der Waals surface area contributed by atoms with Gasteiger partial charge in [-0.1, -0.05) is 28.1 Å². The molecule has 0 aliphatic rings. The summed E-state index contributed by atoms with van der Waals surface area (Å²) in [6, 6.07) is 6.95. The Balaban J connectivity index is 2.40. The fraction of sp³-hybridized carbons (Fsp3) is 0.300. The fourth-order valence-corrected chi connectivity index (χ4v) is 1.31. The summed E-state index contributed by atoms with van der Waals surface area (Å²) in [5, 5.41) is 2.20. The molecule has 0 unspecified atom stereocenters. The molecule has 0 fully saturated rings. The zero-order valence-corrected chi connectivity index (χ0v) is 9.73. The van der Waals surface area contributed by atoms with Crippen LogP contribution in [0.5, 0.6) is 0 Å². The smallest absolute Gasteiger partial charge is 0.352 e. The molecule has 0 radical (unpaired) electrons. The molecule has 0 atom stereocenters. The molecular formula is C10H9BrF3NO. The van der Waals surface area contributed by atoms with E-state index in [9.17, 15) is 18.0 Å². The van der Waals surface area contributed by atoms with Crippen molar-refractivity contribution in [3.8, 4) is 0 Å². The highest BCUT2D eigenvalue weighted by Gasteiger charge is 2.30. The van der Waals surface area contributed by atoms with Gasteiger partial charge in [0.1, 0.15) is 6.42 Å². The quantitative estimate of drug-likeness (QED) is 0.912. The van der Waals surface area contributed by atoms with Gasteiger partial charge < -0.3 is 5.32 Å². The highest BCUT2D eigenvalue weighted by molar-refractivity contribution is 9.10. The maximum atomic E-state index is 11.8. The van der Waals surface area contributed by atoms with E-state index in [0.717, 1.165) is 10.0 Å². The molecule has 0 aliphatic carbocycles. The molecule has 0 spiro atoms. The number of hydrogen-bond acceptors (Lipinski definition) is 1. The lowest BCUT2D eigenvalue weighted by Crippen LogP contribution is -2.28. The van der Waals surface area contributed by atoms with Gasteiger partial charge in [0.2, 0.25) is 5.91 Å². The maximum absolute atomic E-state index is 11.8. The zero-order chi connectivity index (χ0) is 12.2. The van der Waals surface area contributed by atoms with Gasteiger partial charge in [-0.25, -0.2) is 0 Å². The predicted octanol–water partition coefficient (Wildman–Crippen LogP) is 3.02. The molecule has 88 valence electrons. The van der Waals surface area contributed by atoms with Gasteiger partial charge in [-0.05, 0) is 17.7 Å². The minimum Gasteiger partial charge on any atom is -0.352 e. The van der Waals surface area contributed by atoms with Crippen LogP contribution in [0.4, 0.5) is 13.2 Å². The summed E-state index contributed by atoms with van der Waals surface area (Å²) in [5.41, 5.74) is 0.749. The van der Waals surface area contributed by atoms with E-state index in [0.29, 0.717) is 0 Å². The van der Waals surface area contributed by atoms with Gasteiger partial charge in [0.15, 0.2) is 0 Å². The van der Waals surface area contributed by atoms with Gasteiger partial charge in [-0.15, -0.1) is 0 Å². The van der Waals surface area contributed by atoms with Crippen molar-refractivity contribution < 1.29 is 18.0 Å². The van der Waals surface area contributed by atoms with Gasteiger partial charge in [0, 0.05) is 11.0 Å². The molecule has 0 aliphatic heterocycles. The Morgan fingerprint density at radius 1 is 1.25 bits per heavy atom. The first-order valence-corrected chi connectivity index (χ1v) is 5.24. The monoisotopic (exact) mass is 295 g/mol. The second kappa shape index (κ2) is 5.34. The molecule has 1 rings (SSSR count). The van der Waals surface area contributed by atoms with Crippen LogP contribution in [0.15, 0.2) is 28.7 Å². The fourth-order valence-electron chi connectivity index (χ4n) is 1.05. The van der Waals surface area contributed by atoms with Crippen LogP contribution >= 0.6 is 15.9 Å². The highest BCUT2D eigenvalue weighted by atomic mass is 79.9. The molecule has 6 heteroatoms. The Morgan fingerprint density at radius 2 is 1.81 bits per heavy atom. The molecule has 0 saturated heterocycles. The van der Waals surface area contributed by atoms with Crippen molar-refractivity contribution in [1.82, 2.24) is 5.32 Å². The van der Waals surface area contributed by atoms with Gasteiger partial charge in [0.25, 0.3) is 0 Å². The number of hydrogen-bond donors (Lipinski definition) is 1. The lowest BCUT2D eigenvalue weighted by atomic mass is 10.2. The van der Waals surface area contributed by atoms with E-state index in [4.69, 9.17) is 0 Å². The van der Waals surface area contributed by atoms with Gasteiger partial charge in [-0.3, -0.25) is 4.79 Å². The average molecular weight is 296 g/mol. The Labute approximate surface area is 99.0 Å². The number of benzene rings is 1. The third-order valence-corrected chi connectivity index (χ3v) is 2.29. The van der Waals surface area contributed by atoms with Crippen LogP contribution in [0.2, 0.25) is 0 Å². The van der Waals surface area contributed by atoms with Crippen LogP contribution in [0.1, 0.15) is 12.0 Å². The second-order valence-electron chi connectivity index (χ2n) is 3.20. The number of amides is 1. The molecule has 2 nitrogen and oxygen atoms in total. The Hall–Kier alpha value is -1.04. The van der Waals surface area contributed by atoms with Gasteiger partial charge in [-0.2, -0.15) is 13.2 Å². The molecule has 16 heavy (non-hydrogen) atoms. The minimum atomic E-state index is -4.45. The lowest BCUT2D eigenvalue weighted by Gasteiger charge is -2.07. The summed E-state index contributed by atoms with van der Waals surface area (Å²) in [7, 11) is 0. The summed E-state index contributed by atoms with van der Waals surface area (Å²) in [5.74, 6) is -1.02. The normalized spacial score (nSPS) is 11.2. The molecule has 0 aromatic heterocycles. The minimum absolute atomic E-state index is 0.0994. The number of halogens is 4. The van der Waals surface area contributed by atoms with E-state index in [1.165, 1.54) is 0 Å². The maximum Gasteiger partial charge on any atom is 0.397 e. The van der Waals surface area contributed by atoms with Crippen LogP contribution in [0.3, 0.4) is 0 Å². The van der Waals surface area contributed by atoms with E-state index in [1.807, 2.05) is 0 Å². The molecular weight excluding hydrogens is 287 g/mol. The standard InChI is InChI=1S/C10H9BrF3NO/c11-8-3-1-7(2-4-8)6-15-9(16)5-10(12,13)14/h1-4H,5-6H2,(H,15,16). The summed E-state index contributed by atoms with van der Waals surface area (Å²) in [6.07, 6.45) is -5.90. The summed E-state index contributed by atoms with van der Waals surface area (Å²) in [6.45, 7) is 0.0994. The number of nitrogens with one attached hydrogen (secondary N) is 1. The zero-order valence-electron chi connectivity index (χ0n) is 8.14. The molecule has 1 aromatic rings. The lowest BCUT2D eigenvalue weighted by molar-refractivity contribution is -0.153. The van der Waals surface area contributed by atoms with E-state index < -0.39 is 18.5 Å². The summed E-state index contributed by atoms with van der Waals surface area (Å²) >= 11 is 3.23. The topological polar surface area (TPSA) is 29.1 Å². The number of alkyl halides is 3. The Bertz CT molecular complexity index is 361. The van der Waals surface area contributed by atoms with Crippen molar-refractivity contribution in [2.45, 2.75) is 19.1 Å². The third-order valence-electron chi connectivity index (χ3n) is 1.76. The summed E-state index contributed by atoms with van der Waals surface area (Å²) in [4.78, 5) is 10.9. The van der Waals surface area contributed by atoms with Crippen LogP contribution < -0.4 is 5.32 Å². The van der Waals surface area contributed by atoms with Crippen molar-refractivity contribution in [3.63, 3.8) is 0 Å².